The van der Waals surface area contributed by atoms with Crippen molar-refractivity contribution in [2.75, 3.05) is 13.2 Å². The molecule has 0 aliphatic heterocycles. The van der Waals surface area contributed by atoms with Crippen molar-refractivity contribution in [2.45, 2.75) is 25.8 Å². The van der Waals surface area contributed by atoms with Crippen LogP contribution in [-0.2, 0) is 19.8 Å². The first-order valence-electron chi connectivity index (χ1n) is 6.16. The van der Waals surface area contributed by atoms with Crippen molar-refractivity contribution >= 4 is 19.2 Å². The van der Waals surface area contributed by atoms with E-state index in [2.05, 4.69) is 0 Å². The largest absolute Gasteiger partial charge is 0.417 e. The van der Waals surface area contributed by atoms with Crippen molar-refractivity contribution in [3.05, 3.63) is 34.3 Å². The highest BCUT2D eigenvalue weighted by atomic mass is 35.5. The van der Waals surface area contributed by atoms with Gasteiger partial charge in [-0.3, -0.25) is 4.57 Å². The molecule has 0 heterocycles. The van der Waals surface area contributed by atoms with Crippen LogP contribution in [0.15, 0.2) is 18.2 Å². The number of benzene rings is 1. The molecule has 9 heteroatoms. The monoisotopic (exact) mass is 345 g/mol. The predicted molar refractivity (Wildman–Crippen MR) is 74.2 cm³/mol. The minimum atomic E-state index is -4.57. The van der Waals surface area contributed by atoms with Gasteiger partial charge in [-0.1, -0.05) is 17.7 Å². The number of nitrogens with two attached hydrogens (primary N) is 1. The van der Waals surface area contributed by atoms with Crippen LogP contribution in [0.25, 0.3) is 0 Å². The molecule has 21 heavy (non-hydrogen) atoms. The summed E-state index contributed by atoms with van der Waals surface area (Å²) in [5.74, 6) is -1.21. The average Bonchev–Trinajstić information content (AvgIpc) is 2.36. The highest BCUT2D eigenvalue weighted by Crippen LogP contribution is 2.58. The van der Waals surface area contributed by atoms with Gasteiger partial charge in [0.15, 0.2) is 0 Å². The SMILES string of the molecule is CCOP(=O)(OCC)[C@@H](N)c1ccc(C(F)(F)F)c(Cl)c1. The lowest BCUT2D eigenvalue weighted by Crippen LogP contribution is -2.16. The number of alkyl halides is 3. The Morgan fingerprint density at radius 2 is 1.81 bits per heavy atom. The van der Waals surface area contributed by atoms with Crippen molar-refractivity contribution in [2.24, 2.45) is 5.73 Å². The number of halogens is 4. The van der Waals surface area contributed by atoms with Crippen molar-refractivity contribution < 1.29 is 26.8 Å². The van der Waals surface area contributed by atoms with Crippen LogP contribution in [0.5, 0.6) is 0 Å². The van der Waals surface area contributed by atoms with E-state index in [1.54, 1.807) is 13.8 Å². The molecule has 0 spiro atoms. The van der Waals surface area contributed by atoms with Crippen molar-refractivity contribution in [1.82, 2.24) is 0 Å². The third kappa shape index (κ3) is 4.44. The summed E-state index contributed by atoms with van der Waals surface area (Å²) in [5.41, 5.74) is 4.99. The Bertz CT molecular complexity index is 529. The van der Waals surface area contributed by atoms with E-state index in [1.807, 2.05) is 0 Å². The van der Waals surface area contributed by atoms with Gasteiger partial charge in [-0.05, 0) is 31.5 Å². The normalized spacial score (nSPS) is 14.2. The Balaban J connectivity index is 3.15. The topological polar surface area (TPSA) is 61.5 Å². The molecular formula is C12H16ClF3NO3P. The second kappa shape index (κ2) is 7.11. The maximum absolute atomic E-state index is 12.6. The van der Waals surface area contributed by atoms with Gasteiger partial charge in [0.05, 0.1) is 23.8 Å². The van der Waals surface area contributed by atoms with E-state index in [1.165, 1.54) is 0 Å². The van der Waals surface area contributed by atoms with Crippen LogP contribution in [-0.4, -0.2) is 13.2 Å². The van der Waals surface area contributed by atoms with Crippen LogP contribution >= 0.6 is 19.2 Å². The standard InChI is InChI=1S/C12H16ClF3NO3P/c1-3-19-21(18,20-4-2)11(17)8-5-6-9(10(13)7-8)12(14,15)16/h5-7,11H,3-4,17H2,1-2H3/t11-/m1/s1. The van der Waals surface area contributed by atoms with Crippen molar-refractivity contribution in [3.8, 4) is 0 Å². The number of hydrogen-bond donors (Lipinski definition) is 1. The van der Waals surface area contributed by atoms with Gasteiger partial charge in [0.1, 0.15) is 5.78 Å². The zero-order valence-corrected chi connectivity index (χ0v) is 13.1. The second-order valence-corrected chi connectivity index (χ2v) is 6.62. The Morgan fingerprint density at radius 3 is 2.19 bits per heavy atom. The van der Waals surface area contributed by atoms with Gasteiger partial charge in [0.25, 0.3) is 0 Å². The lowest BCUT2D eigenvalue weighted by atomic mass is 10.1. The third-order valence-electron chi connectivity index (χ3n) is 2.60. The molecular weight excluding hydrogens is 330 g/mol. The van der Waals surface area contributed by atoms with E-state index in [9.17, 15) is 17.7 Å². The van der Waals surface area contributed by atoms with Crippen molar-refractivity contribution in [1.29, 1.82) is 0 Å². The summed E-state index contributed by atoms with van der Waals surface area (Å²) in [6, 6.07) is 2.93. The number of hydrogen-bond acceptors (Lipinski definition) is 4. The molecule has 4 nitrogen and oxygen atoms in total. The van der Waals surface area contributed by atoms with E-state index in [0.717, 1.165) is 18.2 Å². The lowest BCUT2D eigenvalue weighted by Gasteiger charge is -2.24. The van der Waals surface area contributed by atoms with Gasteiger partial charge in [-0.2, -0.15) is 13.2 Å². The minimum Gasteiger partial charge on any atom is -0.314 e. The van der Waals surface area contributed by atoms with E-state index < -0.39 is 30.1 Å². The van der Waals surface area contributed by atoms with E-state index in [4.69, 9.17) is 26.4 Å². The first kappa shape index (κ1) is 18.5. The molecule has 0 aliphatic rings. The van der Waals surface area contributed by atoms with Crippen molar-refractivity contribution in [3.63, 3.8) is 0 Å². The second-order valence-electron chi connectivity index (χ2n) is 4.06. The summed E-state index contributed by atoms with van der Waals surface area (Å²) in [5, 5.41) is -0.519. The zero-order valence-electron chi connectivity index (χ0n) is 11.5. The molecule has 0 aliphatic carbocycles. The minimum absolute atomic E-state index is 0.0966. The summed E-state index contributed by atoms with van der Waals surface area (Å²) in [7, 11) is -3.67. The quantitative estimate of drug-likeness (QED) is 0.766. The Labute approximate surface area is 125 Å². The maximum Gasteiger partial charge on any atom is 0.417 e. The molecule has 1 atom stereocenters. The van der Waals surface area contributed by atoms with E-state index in [0.29, 0.717) is 0 Å². The van der Waals surface area contributed by atoms with Gasteiger partial charge in [-0.15, -0.1) is 0 Å². The zero-order chi connectivity index (χ0) is 16.3. The highest BCUT2D eigenvalue weighted by molar-refractivity contribution is 7.54. The fourth-order valence-corrected chi connectivity index (χ4v) is 3.62. The van der Waals surface area contributed by atoms with Crippen LogP contribution < -0.4 is 5.73 Å². The molecule has 0 fully saturated rings. The summed E-state index contributed by atoms with van der Waals surface area (Å²) in [4.78, 5) is 0. The predicted octanol–water partition coefficient (Wildman–Crippen LogP) is 4.58. The Morgan fingerprint density at radius 1 is 1.29 bits per heavy atom. The van der Waals surface area contributed by atoms with Gasteiger partial charge >= 0.3 is 13.8 Å². The molecule has 0 aromatic heterocycles. The van der Waals surface area contributed by atoms with Gasteiger partial charge in [-0.25, -0.2) is 0 Å². The fraction of sp³-hybridized carbons (Fsp3) is 0.500. The Kier molecular flexibility index (Phi) is 6.25. The number of rotatable bonds is 6. The molecule has 0 bridgehead atoms. The molecule has 1 aromatic carbocycles. The molecule has 120 valence electrons. The van der Waals surface area contributed by atoms with Crippen LogP contribution in [0.2, 0.25) is 5.02 Å². The Hall–Kier alpha value is -0.590. The van der Waals surface area contributed by atoms with Crippen LogP contribution in [0, 0.1) is 0 Å². The molecule has 1 aromatic rings. The van der Waals surface area contributed by atoms with Crippen LogP contribution in [0.3, 0.4) is 0 Å². The summed E-state index contributed by atoms with van der Waals surface area (Å²) in [6.45, 7) is 3.41. The van der Waals surface area contributed by atoms with E-state index >= 15 is 0 Å². The molecule has 0 saturated carbocycles. The molecule has 1 rings (SSSR count). The molecule has 0 unspecified atom stereocenters. The smallest absolute Gasteiger partial charge is 0.314 e. The third-order valence-corrected chi connectivity index (χ3v) is 5.13. The first-order valence-corrected chi connectivity index (χ1v) is 8.15. The van der Waals surface area contributed by atoms with Gasteiger partial charge < -0.3 is 14.8 Å². The highest BCUT2D eigenvalue weighted by Gasteiger charge is 2.37. The lowest BCUT2D eigenvalue weighted by molar-refractivity contribution is -0.137. The average molecular weight is 346 g/mol. The molecule has 0 amide bonds. The first-order chi connectivity index (χ1) is 9.65. The summed E-state index contributed by atoms with van der Waals surface area (Å²) >= 11 is 5.62. The molecule has 0 radical (unpaired) electrons. The molecule has 2 N–H and O–H groups in total. The van der Waals surface area contributed by atoms with Gasteiger partial charge in [0, 0.05) is 0 Å². The maximum atomic E-state index is 12.6. The summed E-state index contributed by atoms with van der Waals surface area (Å²) < 4.78 is 60.5. The summed E-state index contributed by atoms with van der Waals surface area (Å²) in [6.07, 6.45) is -4.57. The van der Waals surface area contributed by atoms with Crippen LogP contribution in [0.1, 0.15) is 30.8 Å². The fourth-order valence-electron chi connectivity index (χ4n) is 1.69. The van der Waals surface area contributed by atoms with Crippen LogP contribution in [0.4, 0.5) is 13.2 Å². The van der Waals surface area contributed by atoms with Gasteiger partial charge in [0.2, 0.25) is 0 Å². The van der Waals surface area contributed by atoms with E-state index in [-0.39, 0.29) is 18.8 Å². The molecule has 0 saturated heterocycles.